The van der Waals surface area contributed by atoms with Crippen LogP contribution in [0.2, 0.25) is 0 Å². The van der Waals surface area contributed by atoms with Gasteiger partial charge in [-0.15, -0.1) is 0 Å². The highest BCUT2D eigenvalue weighted by Crippen LogP contribution is 2.27. The van der Waals surface area contributed by atoms with Crippen LogP contribution in [-0.4, -0.2) is 38.4 Å². The van der Waals surface area contributed by atoms with Gasteiger partial charge in [-0.1, -0.05) is 18.2 Å². The third kappa shape index (κ3) is 2.60. The lowest BCUT2D eigenvalue weighted by molar-refractivity contribution is -0.129. The molecule has 0 radical (unpaired) electrons. The lowest BCUT2D eigenvalue weighted by Gasteiger charge is -2.16. The van der Waals surface area contributed by atoms with Gasteiger partial charge in [0, 0.05) is 49.4 Å². The second-order valence-electron chi connectivity index (χ2n) is 6.71. The van der Waals surface area contributed by atoms with E-state index in [0.29, 0.717) is 12.3 Å². The first-order chi connectivity index (χ1) is 11.6. The summed E-state index contributed by atoms with van der Waals surface area (Å²) in [6.07, 6.45) is 5.45. The molecule has 1 unspecified atom stereocenters. The van der Waals surface area contributed by atoms with Crippen LogP contribution in [0.4, 0.5) is 0 Å². The van der Waals surface area contributed by atoms with Crippen molar-refractivity contribution in [3.63, 3.8) is 0 Å². The SMILES string of the molecule is Cc1cn(C)c(C2CCN(C(=O)Cc3c[nH]c4ccccc34)C2)n1. The number of aromatic nitrogens is 3. The Morgan fingerprint density at radius 1 is 1.38 bits per heavy atom. The number of fused-ring (bicyclic) bond motifs is 1. The Balaban J connectivity index is 1.47. The van der Waals surface area contributed by atoms with Gasteiger partial charge in [0.1, 0.15) is 5.82 Å². The van der Waals surface area contributed by atoms with Crippen molar-refractivity contribution in [1.29, 1.82) is 0 Å². The molecular formula is C19H22N4O. The summed E-state index contributed by atoms with van der Waals surface area (Å²) in [6, 6.07) is 8.13. The van der Waals surface area contributed by atoms with E-state index in [0.717, 1.165) is 47.5 Å². The van der Waals surface area contributed by atoms with Crippen LogP contribution in [-0.2, 0) is 18.3 Å². The maximum absolute atomic E-state index is 12.7. The van der Waals surface area contributed by atoms with E-state index in [1.807, 2.05) is 49.5 Å². The molecule has 0 saturated carbocycles. The number of hydrogen-bond donors (Lipinski definition) is 1. The summed E-state index contributed by atoms with van der Waals surface area (Å²) < 4.78 is 2.09. The van der Waals surface area contributed by atoms with E-state index >= 15 is 0 Å². The number of imidazole rings is 1. The first-order valence-electron chi connectivity index (χ1n) is 8.44. The molecule has 1 aliphatic heterocycles. The van der Waals surface area contributed by atoms with E-state index in [1.54, 1.807) is 0 Å². The average Bonchev–Trinajstić information content (AvgIpc) is 3.26. The fraction of sp³-hybridized carbons (Fsp3) is 0.368. The molecule has 1 amide bonds. The summed E-state index contributed by atoms with van der Waals surface area (Å²) in [5.74, 6) is 1.64. The van der Waals surface area contributed by atoms with Crippen molar-refractivity contribution >= 4 is 16.8 Å². The molecule has 5 nitrogen and oxygen atoms in total. The van der Waals surface area contributed by atoms with Crippen LogP contribution < -0.4 is 0 Å². The molecule has 4 rings (SSSR count). The Morgan fingerprint density at radius 3 is 3.00 bits per heavy atom. The topological polar surface area (TPSA) is 53.9 Å². The van der Waals surface area contributed by atoms with Crippen molar-refractivity contribution < 1.29 is 4.79 Å². The molecule has 3 heterocycles. The number of aryl methyl sites for hydroxylation is 2. The number of nitrogens with one attached hydrogen (secondary N) is 1. The molecule has 5 heteroatoms. The van der Waals surface area contributed by atoms with E-state index in [2.05, 4.69) is 20.6 Å². The van der Waals surface area contributed by atoms with E-state index < -0.39 is 0 Å². The minimum Gasteiger partial charge on any atom is -0.361 e. The Labute approximate surface area is 141 Å². The summed E-state index contributed by atoms with van der Waals surface area (Å²) in [5.41, 5.74) is 3.20. The fourth-order valence-corrected chi connectivity index (χ4v) is 3.76. The number of H-pyrrole nitrogens is 1. The quantitative estimate of drug-likeness (QED) is 0.806. The normalized spacial score (nSPS) is 17.8. The van der Waals surface area contributed by atoms with E-state index in [-0.39, 0.29) is 5.91 Å². The molecule has 3 aromatic rings. The predicted octanol–water partition coefficient (Wildman–Crippen LogP) is 2.77. The Bertz CT molecular complexity index is 892. The number of benzene rings is 1. The molecule has 1 N–H and O–H groups in total. The zero-order valence-electron chi connectivity index (χ0n) is 14.1. The standard InChI is InChI=1S/C19H22N4O/c1-13-11-22(2)19(21-13)14-7-8-23(12-14)18(24)9-15-10-20-17-6-4-3-5-16(15)17/h3-6,10-11,14,20H,7-9,12H2,1-2H3. The van der Waals surface area contributed by atoms with Crippen LogP contribution in [0.1, 0.15) is 29.4 Å². The summed E-state index contributed by atoms with van der Waals surface area (Å²) in [5, 5.41) is 1.14. The molecule has 0 aliphatic carbocycles. The summed E-state index contributed by atoms with van der Waals surface area (Å²) >= 11 is 0. The lowest BCUT2D eigenvalue weighted by Crippen LogP contribution is -2.30. The van der Waals surface area contributed by atoms with Crippen molar-refractivity contribution in [2.45, 2.75) is 25.7 Å². The van der Waals surface area contributed by atoms with Gasteiger partial charge in [0.05, 0.1) is 12.1 Å². The summed E-state index contributed by atoms with van der Waals surface area (Å²) in [4.78, 5) is 22.6. The van der Waals surface area contributed by atoms with Crippen LogP contribution in [0.5, 0.6) is 0 Å². The number of rotatable bonds is 3. The molecule has 124 valence electrons. The highest BCUT2D eigenvalue weighted by atomic mass is 16.2. The van der Waals surface area contributed by atoms with Crippen molar-refractivity contribution in [3.05, 3.63) is 53.7 Å². The van der Waals surface area contributed by atoms with Gasteiger partial charge in [-0.25, -0.2) is 4.98 Å². The Hall–Kier alpha value is -2.56. The van der Waals surface area contributed by atoms with Crippen LogP contribution in [0.15, 0.2) is 36.7 Å². The van der Waals surface area contributed by atoms with Gasteiger partial charge in [-0.05, 0) is 25.0 Å². The van der Waals surface area contributed by atoms with Crippen LogP contribution in [0.3, 0.4) is 0 Å². The number of carbonyl (C=O) groups is 1. The summed E-state index contributed by atoms with van der Waals surface area (Å²) in [7, 11) is 2.03. The third-order valence-electron chi connectivity index (χ3n) is 4.96. The molecule has 0 spiro atoms. The largest absolute Gasteiger partial charge is 0.361 e. The number of nitrogens with zero attached hydrogens (tertiary/aromatic N) is 3. The van der Waals surface area contributed by atoms with Crippen molar-refractivity contribution in [2.75, 3.05) is 13.1 Å². The van der Waals surface area contributed by atoms with Crippen molar-refractivity contribution in [3.8, 4) is 0 Å². The minimum atomic E-state index is 0.202. The monoisotopic (exact) mass is 322 g/mol. The van der Waals surface area contributed by atoms with Crippen LogP contribution in [0.25, 0.3) is 10.9 Å². The molecule has 1 aromatic carbocycles. The van der Waals surface area contributed by atoms with E-state index in [4.69, 9.17) is 0 Å². The van der Waals surface area contributed by atoms with E-state index in [9.17, 15) is 4.79 Å². The predicted molar refractivity (Wildman–Crippen MR) is 93.9 cm³/mol. The van der Waals surface area contributed by atoms with Gasteiger partial charge in [-0.3, -0.25) is 4.79 Å². The molecule has 1 aliphatic rings. The second-order valence-corrected chi connectivity index (χ2v) is 6.71. The molecular weight excluding hydrogens is 300 g/mol. The molecule has 1 atom stereocenters. The zero-order chi connectivity index (χ0) is 16.7. The first-order valence-corrected chi connectivity index (χ1v) is 8.44. The number of hydrogen-bond acceptors (Lipinski definition) is 2. The molecule has 0 bridgehead atoms. The fourth-order valence-electron chi connectivity index (χ4n) is 3.76. The smallest absolute Gasteiger partial charge is 0.227 e. The maximum Gasteiger partial charge on any atom is 0.227 e. The Kier molecular flexibility index (Phi) is 3.63. The van der Waals surface area contributed by atoms with Gasteiger partial charge in [0.15, 0.2) is 0 Å². The molecule has 2 aromatic heterocycles. The van der Waals surface area contributed by atoms with Gasteiger partial charge in [-0.2, -0.15) is 0 Å². The van der Waals surface area contributed by atoms with Crippen LogP contribution in [0, 0.1) is 6.92 Å². The minimum absolute atomic E-state index is 0.202. The van der Waals surface area contributed by atoms with Gasteiger partial charge in [0.2, 0.25) is 5.91 Å². The number of para-hydroxylation sites is 1. The molecule has 1 saturated heterocycles. The summed E-state index contributed by atoms with van der Waals surface area (Å²) in [6.45, 7) is 3.60. The highest BCUT2D eigenvalue weighted by Gasteiger charge is 2.30. The van der Waals surface area contributed by atoms with Crippen molar-refractivity contribution in [1.82, 2.24) is 19.4 Å². The lowest BCUT2D eigenvalue weighted by atomic mass is 10.1. The average molecular weight is 322 g/mol. The third-order valence-corrected chi connectivity index (χ3v) is 4.96. The maximum atomic E-state index is 12.7. The van der Waals surface area contributed by atoms with Gasteiger partial charge >= 0.3 is 0 Å². The molecule has 1 fully saturated rings. The van der Waals surface area contributed by atoms with Crippen LogP contribution >= 0.6 is 0 Å². The Morgan fingerprint density at radius 2 is 2.21 bits per heavy atom. The number of carbonyl (C=O) groups excluding carboxylic acids is 1. The highest BCUT2D eigenvalue weighted by molar-refractivity contribution is 5.89. The van der Waals surface area contributed by atoms with Crippen molar-refractivity contribution in [2.24, 2.45) is 7.05 Å². The van der Waals surface area contributed by atoms with Gasteiger partial charge in [0.25, 0.3) is 0 Å². The van der Waals surface area contributed by atoms with E-state index in [1.165, 1.54) is 0 Å². The second kappa shape index (κ2) is 5.82. The first kappa shape index (κ1) is 15.0. The number of aromatic amines is 1. The zero-order valence-corrected chi connectivity index (χ0v) is 14.1. The molecule has 24 heavy (non-hydrogen) atoms. The van der Waals surface area contributed by atoms with Gasteiger partial charge < -0.3 is 14.5 Å². The number of likely N-dealkylation sites (tertiary alicyclic amines) is 1. The number of amides is 1.